The molecule has 34 heavy (non-hydrogen) atoms. The Balaban J connectivity index is 1.47. The van der Waals surface area contributed by atoms with Crippen LogP contribution in [0.4, 0.5) is 5.82 Å². The van der Waals surface area contributed by atoms with Gasteiger partial charge in [-0.1, -0.05) is 11.6 Å². The summed E-state index contributed by atoms with van der Waals surface area (Å²) >= 11 is 6.17. The second-order valence-corrected chi connectivity index (χ2v) is 8.44. The topological polar surface area (TPSA) is 152 Å². The number of anilines is 1. The van der Waals surface area contributed by atoms with Crippen molar-refractivity contribution in [1.29, 1.82) is 5.26 Å². The molecular formula is C22H24ClN7O4. The van der Waals surface area contributed by atoms with Gasteiger partial charge in [0.2, 0.25) is 5.91 Å². The number of aromatic nitrogens is 2. The normalized spacial score (nSPS) is 22.0. The highest BCUT2D eigenvalue weighted by Crippen LogP contribution is 2.32. The van der Waals surface area contributed by atoms with E-state index in [0.29, 0.717) is 48.2 Å². The molecule has 0 aliphatic carbocycles. The maximum atomic E-state index is 13.0. The van der Waals surface area contributed by atoms with Gasteiger partial charge in [0.15, 0.2) is 11.5 Å². The number of nitriles is 1. The summed E-state index contributed by atoms with van der Waals surface area (Å²) in [6.45, 7) is 1.52. The maximum absolute atomic E-state index is 13.0. The molecule has 2 aliphatic heterocycles. The molecular weight excluding hydrogens is 462 g/mol. The Morgan fingerprint density at radius 2 is 2.26 bits per heavy atom. The predicted octanol–water partition coefficient (Wildman–Crippen LogP) is 1.18. The fourth-order valence-electron chi connectivity index (χ4n) is 4.17. The summed E-state index contributed by atoms with van der Waals surface area (Å²) in [7, 11) is 1.56. The number of hydrogen-bond acceptors (Lipinski definition) is 9. The molecule has 4 rings (SSSR count). The van der Waals surface area contributed by atoms with Crippen LogP contribution in [0.2, 0.25) is 5.02 Å². The van der Waals surface area contributed by atoms with E-state index in [9.17, 15) is 20.0 Å². The van der Waals surface area contributed by atoms with Gasteiger partial charge in [-0.3, -0.25) is 10.1 Å². The minimum atomic E-state index is -1.21. The summed E-state index contributed by atoms with van der Waals surface area (Å²) in [4.78, 5) is 34.6. The summed E-state index contributed by atoms with van der Waals surface area (Å²) < 4.78 is 5.96. The molecule has 0 spiro atoms. The summed E-state index contributed by atoms with van der Waals surface area (Å²) in [6, 6.07) is 6.82. The van der Waals surface area contributed by atoms with Crippen molar-refractivity contribution >= 4 is 29.3 Å². The van der Waals surface area contributed by atoms with Crippen LogP contribution in [0.3, 0.4) is 0 Å². The highest BCUT2D eigenvalue weighted by Gasteiger charge is 2.40. The number of halogens is 1. The number of aromatic carboxylic acids is 1. The second kappa shape index (κ2) is 10.2. The Kier molecular flexibility index (Phi) is 7.12. The van der Waals surface area contributed by atoms with E-state index in [1.165, 1.54) is 6.20 Å². The molecule has 2 saturated heterocycles. The summed E-state index contributed by atoms with van der Waals surface area (Å²) in [5.74, 6) is -0.874. The third-order valence-electron chi connectivity index (χ3n) is 5.94. The van der Waals surface area contributed by atoms with Crippen LogP contribution in [-0.2, 0) is 4.79 Å². The number of nitrogens with zero attached hydrogens (tertiary/aromatic N) is 4. The molecule has 178 valence electrons. The molecule has 3 atom stereocenters. The minimum Gasteiger partial charge on any atom is -0.491 e. The van der Waals surface area contributed by atoms with Gasteiger partial charge in [-0.2, -0.15) is 5.26 Å². The van der Waals surface area contributed by atoms with Crippen LogP contribution in [0.5, 0.6) is 5.75 Å². The van der Waals surface area contributed by atoms with E-state index in [0.717, 1.165) is 0 Å². The Bertz CT molecular complexity index is 1140. The third-order valence-corrected chi connectivity index (χ3v) is 6.17. The van der Waals surface area contributed by atoms with Gasteiger partial charge in [0.05, 0.1) is 43.1 Å². The first kappa shape index (κ1) is 23.7. The van der Waals surface area contributed by atoms with Crippen LogP contribution in [0.1, 0.15) is 16.9 Å². The first-order chi connectivity index (χ1) is 16.4. The quantitative estimate of drug-likeness (QED) is 0.449. The predicted molar refractivity (Wildman–Crippen MR) is 123 cm³/mol. The van der Waals surface area contributed by atoms with Crippen LogP contribution < -0.4 is 20.7 Å². The number of benzene rings is 1. The van der Waals surface area contributed by atoms with E-state index in [-0.39, 0.29) is 42.0 Å². The molecule has 1 aromatic carbocycles. The van der Waals surface area contributed by atoms with Crippen molar-refractivity contribution in [2.45, 2.75) is 18.5 Å². The summed E-state index contributed by atoms with van der Waals surface area (Å²) in [5, 5.41) is 28.2. The van der Waals surface area contributed by atoms with Crippen molar-refractivity contribution in [3.05, 3.63) is 35.1 Å². The number of carbonyl (C=O) groups is 2. The van der Waals surface area contributed by atoms with E-state index in [2.05, 4.69) is 32.0 Å². The Morgan fingerprint density at radius 3 is 3.00 bits per heavy atom. The molecule has 3 unspecified atom stereocenters. The van der Waals surface area contributed by atoms with Crippen LogP contribution in [0.15, 0.2) is 24.4 Å². The average molecular weight is 486 g/mol. The number of piperidine rings is 1. The van der Waals surface area contributed by atoms with Crippen LogP contribution in [-0.4, -0.2) is 77.3 Å². The van der Waals surface area contributed by atoms with Gasteiger partial charge >= 0.3 is 5.97 Å². The zero-order valence-corrected chi connectivity index (χ0v) is 19.2. The minimum absolute atomic E-state index is 0.00468. The SMILES string of the molecule is CNc1ncc(-c2cc(Cl)ccc2OCCN2CNC3CNC(C#N)CC3C2=O)nc1C(=O)O. The van der Waals surface area contributed by atoms with E-state index in [1.807, 2.05) is 0 Å². The molecule has 11 nitrogen and oxygen atoms in total. The largest absolute Gasteiger partial charge is 0.491 e. The highest BCUT2D eigenvalue weighted by atomic mass is 35.5. The van der Waals surface area contributed by atoms with Gasteiger partial charge in [-0.15, -0.1) is 0 Å². The average Bonchev–Trinajstić information content (AvgIpc) is 2.85. The van der Waals surface area contributed by atoms with E-state index in [4.69, 9.17) is 16.3 Å². The fourth-order valence-corrected chi connectivity index (χ4v) is 4.34. The summed E-state index contributed by atoms with van der Waals surface area (Å²) in [5.41, 5.74) is 0.566. The number of carboxylic acids is 1. The van der Waals surface area contributed by atoms with Gasteiger partial charge in [0, 0.05) is 30.2 Å². The van der Waals surface area contributed by atoms with Crippen molar-refractivity contribution in [2.24, 2.45) is 5.92 Å². The lowest BCUT2D eigenvalue weighted by Crippen LogP contribution is -2.64. The Hall–Kier alpha value is -3.46. The van der Waals surface area contributed by atoms with E-state index >= 15 is 0 Å². The lowest BCUT2D eigenvalue weighted by atomic mass is 9.86. The first-order valence-electron chi connectivity index (χ1n) is 10.8. The van der Waals surface area contributed by atoms with Crippen molar-refractivity contribution in [2.75, 3.05) is 38.7 Å². The number of carboxylic acid groups (broad SMARTS) is 1. The van der Waals surface area contributed by atoms with Gasteiger partial charge in [-0.05, 0) is 24.6 Å². The van der Waals surface area contributed by atoms with E-state index < -0.39 is 5.97 Å². The number of carbonyl (C=O) groups excluding carboxylic acids is 1. The molecule has 0 radical (unpaired) electrons. The standard InChI is InChI=1S/C22H24ClN7O4/c1-25-20-19(22(32)33)29-17(10-27-20)14-6-12(23)2-3-18(14)34-5-4-30-11-28-16-9-26-13(8-24)7-15(16)21(30)31/h2-3,6,10,13,15-16,26,28H,4-5,7,9,11H2,1H3,(H,25,27)(H,32,33). The molecule has 0 bridgehead atoms. The Labute approximate surface area is 201 Å². The molecule has 12 heteroatoms. The second-order valence-electron chi connectivity index (χ2n) is 8.00. The fraction of sp³-hybridized carbons (Fsp3) is 0.409. The number of hydrogen-bond donors (Lipinski definition) is 4. The molecule has 4 N–H and O–H groups in total. The number of rotatable bonds is 7. The van der Waals surface area contributed by atoms with Crippen molar-refractivity contribution in [1.82, 2.24) is 25.5 Å². The number of amides is 1. The molecule has 3 heterocycles. The highest BCUT2D eigenvalue weighted by molar-refractivity contribution is 6.31. The molecule has 2 aromatic rings. The zero-order valence-electron chi connectivity index (χ0n) is 18.4. The summed E-state index contributed by atoms with van der Waals surface area (Å²) in [6.07, 6.45) is 1.91. The van der Waals surface area contributed by atoms with Gasteiger partial charge in [0.1, 0.15) is 12.4 Å². The van der Waals surface area contributed by atoms with Crippen molar-refractivity contribution < 1.29 is 19.4 Å². The van der Waals surface area contributed by atoms with Gasteiger partial charge in [0.25, 0.3) is 0 Å². The maximum Gasteiger partial charge on any atom is 0.358 e. The third kappa shape index (κ3) is 4.89. The smallest absolute Gasteiger partial charge is 0.358 e. The van der Waals surface area contributed by atoms with Gasteiger partial charge in [-0.25, -0.2) is 14.8 Å². The number of nitrogens with one attached hydrogen (secondary N) is 3. The lowest BCUT2D eigenvalue weighted by molar-refractivity contribution is -0.142. The molecule has 1 aromatic heterocycles. The lowest BCUT2D eigenvalue weighted by Gasteiger charge is -2.42. The van der Waals surface area contributed by atoms with E-state index in [1.54, 1.807) is 30.1 Å². The first-order valence-corrected chi connectivity index (χ1v) is 11.1. The van der Waals surface area contributed by atoms with Crippen molar-refractivity contribution in [3.8, 4) is 23.1 Å². The monoisotopic (exact) mass is 485 g/mol. The molecule has 2 aliphatic rings. The Morgan fingerprint density at radius 1 is 1.44 bits per heavy atom. The number of ether oxygens (including phenoxy) is 1. The zero-order chi connectivity index (χ0) is 24.2. The van der Waals surface area contributed by atoms with Crippen molar-refractivity contribution in [3.63, 3.8) is 0 Å². The number of fused-ring (bicyclic) bond motifs is 1. The van der Waals surface area contributed by atoms with Crippen LogP contribution in [0.25, 0.3) is 11.3 Å². The van der Waals surface area contributed by atoms with Crippen LogP contribution in [0, 0.1) is 17.2 Å². The van der Waals surface area contributed by atoms with Crippen LogP contribution >= 0.6 is 11.6 Å². The van der Waals surface area contributed by atoms with Gasteiger partial charge < -0.3 is 25.4 Å². The molecule has 2 fully saturated rings. The molecule has 0 saturated carbocycles. The molecule has 1 amide bonds.